The molecule has 0 saturated carbocycles. The molecule has 0 aliphatic carbocycles. The molecule has 5 nitrogen and oxygen atoms in total. The summed E-state index contributed by atoms with van der Waals surface area (Å²) in [6.45, 7) is 1.90. The van der Waals surface area contributed by atoms with Gasteiger partial charge in [0.1, 0.15) is 5.82 Å². The molecular formula is C8H12N4OS. The number of aromatic nitrogens is 2. The van der Waals surface area contributed by atoms with Crippen LogP contribution in [0.2, 0.25) is 0 Å². The van der Waals surface area contributed by atoms with Crippen molar-refractivity contribution >= 4 is 23.5 Å². The fourth-order valence-corrected chi connectivity index (χ4v) is 2.19. The number of nitrogens with one attached hydrogen (secondary N) is 3. The highest BCUT2D eigenvalue weighted by molar-refractivity contribution is 7.99. The van der Waals surface area contributed by atoms with Crippen LogP contribution in [0, 0.1) is 6.92 Å². The topological polar surface area (TPSA) is 69.8 Å². The largest absolute Gasteiger partial charge is 0.309 e. The molecule has 76 valence electrons. The quantitative estimate of drug-likeness (QED) is 0.660. The van der Waals surface area contributed by atoms with E-state index in [-0.39, 0.29) is 11.9 Å². The van der Waals surface area contributed by atoms with Crippen LogP contribution in [0.5, 0.6) is 0 Å². The Morgan fingerprint density at radius 2 is 2.64 bits per heavy atom. The molecule has 1 saturated heterocycles. The van der Waals surface area contributed by atoms with Crippen LogP contribution in [0.25, 0.3) is 0 Å². The summed E-state index contributed by atoms with van der Waals surface area (Å²) in [6, 6.07) is -0.0808. The van der Waals surface area contributed by atoms with Gasteiger partial charge >= 0.3 is 0 Å². The van der Waals surface area contributed by atoms with E-state index in [4.69, 9.17) is 0 Å². The molecule has 2 rings (SSSR count). The zero-order valence-electron chi connectivity index (χ0n) is 7.83. The van der Waals surface area contributed by atoms with Crippen molar-refractivity contribution in [1.29, 1.82) is 0 Å². The third-order valence-corrected chi connectivity index (χ3v) is 3.05. The maximum atomic E-state index is 11.6. The van der Waals surface area contributed by atoms with E-state index >= 15 is 0 Å². The zero-order chi connectivity index (χ0) is 9.97. The summed E-state index contributed by atoms with van der Waals surface area (Å²) in [6.07, 6.45) is 1.69. The number of hydrogen-bond donors (Lipinski definition) is 3. The van der Waals surface area contributed by atoms with Crippen molar-refractivity contribution < 1.29 is 4.79 Å². The van der Waals surface area contributed by atoms with Gasteiger partial charge in [-0.05, 0) is 6.92 Å². The molecule has 1 fully saturated rings. The lowest BCUT2D eigenvalue weighted by molar-refractivity contribution is -0.117. The Hall–Kier alpha value is -1.01. The first-order valence-electron chi connectivity index (χ1n) is 4.39. The fraction of sp³-hybridized carbons (Fsp3) is 0.500. The lowest BCUT2D eigenvalue weighted by atomic mass is 10.3. The lowest BCUT2D eigenvalue weighted by Crippen LogP contribution is -2.37. The maximum Gasteiger partial charge on any atom is 0.243 e. The molecule has 0 aromatic carbocycles. The first kappa shape index (κ1) is 9.54. The van der Waals surface area contributed by atoms with Crippen LogP contribution < -0.4 is 10.6 Å². The normalized spacial score (nSPS) is 21.1. The summed E-state index contributed by atoms with van der Waals surface area (Å²) >= 11 is 1.73. The van der Waals surface area contributed by atoms with Crippen molar-refractivity contribution in [2.45, 2.75) is 13.0 Å². The summed E-state index contributed by atoms with van der Waals surface area (Å²) in [5, 5.41) is 12.5. The summed E-state index contributed by atoms with van der Waals surface area (Å²) in [5.41, 5.74) is 0.948. The molecule has 1 aromatic rings. The monoisotopic (exact) mass is 212 g/mol. The van der Waals surface area contributed by atoms with E-state index in [1.165, 1.54) is 0 Å². The van der Waals surface area contributed by atoms with E-state index in [0.29, 0.717) is 5.82 Å². The van der Waals surface area contributed by atoms with E-state index in [9.17, 15) is 4.79 Å². The Bertz CT molecular complexity index is 332. The van der Waals surface area contributed by atoms with Crippen LogP contribution >= 0.6 is 11.8 Å². The van der Waals surface area contributed by atoms with Crippen molar-refractivity contribution in [3.05, 3.63) is 11.8 Å². The molecule has 1 amide bonds. The van der Waals surface area contributed by atoms with E-state index < -0.39 is 0 Å². The van der Waals surface area contributed by atoms with Gasteiger partial charge in [0.2, 0.25) is 5.91 Å². The summed E-state index contributed by atoms with van der Waals surface area (Å²) in [4.78, 5) is 11.6. The second-order valence-electron chi connectivity index (χ2n) is 3.19. The number of amides is 1. The average Bonchev–Trinajstić information content (AvgIpc) is 2.77. The molecule has 2 heterocycles. The minimum absolute atomic E-state index is 0.00218. The van der Waals surface area contributed by atoms with E-state index in [0.717, 1.165) is 17.2 Å². The smallest absolute Gasteiger partial charge is 0.243 e. The first-order chi connectivity index (χ1) is 6.77. The number of nitrogens with zero attached hydrogens (tertiary/aromatic N) is 1. The predicted molar refractivity (Wildman–Crippen MR) is 56.2 cm³/mol. The number of aromatic amines is 1. The summed E-state index contributed by atoms with van der Waals surface area (Å²) < 4.78 is 0. The molecule has 1 unspecified atom stereocenters. The highest BCUT2D eigenvalue weighted by Crippen LogP contribution is 2.13. The number of aryl methyl sites for hydroxylation is 1. The summed E-state index contributed by atoms with van der Waals surface area (Å²) in [7, 11) is 0. The maximum absolute atomic E-state index is 11.6. The molecule has 1 aliphatic heterocycles. The Morgan fingerprint density at radius 1 is 1.79 bits per heavy atom. The van der Waals surface area contributed by atoms with E-state index in [1.54, 1.807) is 18.0 Å². The van der Waals surface area contributed by atoms with Gasteiger partial charge in [0, 0.05) is 17.2 Å². The van der Waals surface area contributed by atoms with Gasteiger partial charge in [0.15, 0.2) is 0 Å². The van der Waals surface area contributed by atoms with Crippen LogP contribution in [0.3, 0.4) is 0 Å². The molecule has 3 N–H and O–H groups in total. The van der Waals surface area contributed by atoms with Crippen molar-refractivity contribution in [2.75, 3.05) is 16.9 Å². The van der Waals surface area contributed by atoms with Crippen LogP contribution in [0.15, 0.2) is 6.20 Å². The number of anilines is 1. The molecule has 14 heavy (non-hydrogen) atoms. The number of hydrogen-bond acceptors (Lipinski definition) is 4. The molecular weight excluding hydrogens is 200 g/mol. The van der Waals surface area contributed by atoms with Crippen molar-refractivity contribution in [3.63, 3.8) is 0 Å². The number of H-pyrrole nitrogens is 1. The molecule has 0 radical (unpaired) electrons. The number of thioether (sulfide) groups is 1. The lowest BCUT2D eigenvalue weighted by Gasteiger charge is -2.09. The number of carbonyl (C=O) groups excluding carboxylic acids is 1. The predicted octanol–water partition coefficient (Wildman–Crippen LogP) is 0.319. The van der Waals surface area contributed by atoms with Gasteiger partial charge < -0.3 is 5.32 Å². The third-order valence-electron chi connectivity index (χ3n) is 2.11. The molecule has 1 aliphatic rings. The van der Waals surface area contributed by atoms with Crippen LogP contribution in [0.1, 0.15) is 5.56 Å². The van der Waals surface area contributed by atoms with Gasteiger partial charge in [-0.3, -0.25) is 15.2 Å². The Morgan fingerprint density at radius 3 is 3.21 bits per heavy atom. The molecule has 1 aromatic heterocycles. The van der Waals surface area contributed by atoms with Gasteiger partial charge in [0.05, 0.1) is 12.2 Å². The van der Waals surface area contributed by atoms with Crippen LogP contribution in [-0.4, -0.2) is 33.8 Å². The second-order valence-corrected chi connectivity index (χ2v) is 4.22. The molecule has 0 spiro atoms. The zero-order valence-corrected chi connectivity index (χ0v) is 8.65. The van der Waals surface area contributed by atoms with Crippen LogP contribution in [0.4, 0.5) is 5.82 Å². The van der Waals surface area contributed by atoms with E-state index in [1.807, 2.05) is 6.92 Å². The SMILES string of the molecule is Cc1cn[nH]c1NC(=O)C1CSCN1. The van der Waals surface area contributed by atoms with Crippen LogP contribution in [-0.2, 0) is 4.79 Å². The van der Waals surface area contributed by atoms with Crippen molar-refractivity contribution in [1.82, 2.24) is 15.5 Å². The van der Waals surface area contributed by atoms with Gasteiger partial charge in [-0.2, -0.15) is 5.10 Å². The van der Waals surface area contributed by atoms with Crippen molar-refractivity contribution in [2.24, 2.45) is 0 Å². The average molecular weight is 212 g/mol. The minimum Gasteiger partial charge on any atom is -0.309 e. The second kappa shape index (κ2) is 4.02. The Labute approximate surface area is 86.0 Å². The third kappa shape index (κ3) is 1.91. The molecule has 6 heteroatoms. The highest BCUT2D eigenvalue weighted by atomic mass is 32.2. The number of rotatable bonds is 2. The fourth-order valence-electron chi connectivity index (χ4n) is 1.25. The van der Waals surface area contributed by atoms with E-state index in [2.05, 4.69) is 20.8 Å². The highest BCUT2D eigenvalue weighted by Gasteiger charge is 2.22. The molecule has 1 atom stereocenters. The Kier molecular flexibility index (Phi) is 2.74. The number of carbonyl (C=O) groups is 1. The van der Waals surface area contributed by atoms with Gasteiger partial charge in [0.25, 0.3) is 0 Å². The Balaban J connectivity index is 1.97. The minimum atomic E-state index is -0.0808. The molecule has 0 bridgehead atoms. The van der Waals surface area contributed by atoms with Gasteiger partial charge in [-0.1, -0.05) is 0 Å². The van der Waals surface area contributed by atoms with Gasteiger partial charge in [-0.25, -0.2) is 0 Å². The first-order valence-corrected chi connectivity index (χ1v) is 5.55. The van der Waals surface area contributed by atoms with Gasteiger partial charge in [-0.15, -0.1) is 11.8 Å². The van der Waals surface area contributed by atoms with Crippen molar-refractivity contribution in [3.8, 4) is 0 Å². The summed E-state index contributed by atoms with van der Waals surface area (Å²) in [5.74, 6) is 2.37. The standard InChI is InChI=1S/C8H12N4OS/c1-5-2-10-12-7(5)11-8(13)6-3-14-4-9-6/h2,6,9H,3-4H2,1H3,(H2,10,11,12,13).